The van der Waals surface area contributed by atoms with Crippen molar-refractivity contribution in [3.8, 4) is 0 Å². The van der Waals surface area contributed by atoms with Gasteiger partial charge in [-0.15, -0.1) is 0 Å². The second kappa shape index (κ2) is 6.98. The summed E-state index contributed by atoms with van der Waals surface area (Å²) in [6, 6.07) is 0. The third-order valence-electron chi connectivity index (χ3n) is 1.54. The summed E-state index contributed by atoms with van der Waals surface area (Å²) >= 11 is 0. The lowest BCUT2D eigenvalue weighted by Crippen LogP contribution is -2.19. The SMILES string of the molecule is CCOP(=O)(CCC(=O)NC)OCC. The van der Waals surface area contributed by atoms with Gasteiger partial charge in [0, 0.05) is 13.5 Å². The van der Waals surface area contributed by atoms with Crippen LogP contribution in [0.1, 0.15) is 20.3 Å². The van der Waals surface area contributed by atoms with Crippen LogP contribution in [0, 0.1) is 0 Å². The molecular formula is C8H18NO4P. The zero-order valence-corrected chi connectivity index (χ0v) is 9.80. The number of amides is 1. The van der Waals surface area contributed by atoms with Gasteiger partial charge < -0.3 is 14.4 Å². The Morgan fingerprint density at radius 1 is 1.29 bits per heavy atom. The monoisotopic (exact) mass is 223 g/mol. The molecule has 0 aliphatic heterocycles. The van der Waals surface area contributed by atoms with E-state index < -0.39 is 7.60 Å². The third-order valence-corrected chi connectivity index (χ3v) is 3.62. The van der Waals surface area contributed by atoms with Gasteiger partial charge in [-0.25, -0.2) is 0 Å². The maximum Gasteiger partial charge on any atom is 0.331 e. The Morgan fingerprint density at radius 3 is 2.14 bits per heavy atom. The molecule has 0 aromatic heterocycles. The van der Waals surface area contributed by atoms with Crippen LogP contribution in [0.5, 0.6) is 0 Å². The zero-order chi connectivity index (χ0) is 11.0. The van der Waals surface area contributed by atoms with Crippen LogP contribution >= 0.6 is 7.60 Å². The predicted molar refractivity (Wildman–Crippen MR) is 54.4 cm³/mol. The number of hydrogen-bond donors (Lipinski definition) is 1. The fourth-order valence-electron chi connectivity index (χ4n) is 0.923. The Bertz CT molecular complexity index is 209. The van der Waals surface area contributed by atoms with E-state index in [-0.39, 0.29) is 18.5 Å². The van der Waals surface area contributed by atoms with Crippen LogP contribution in [0.4, 0.5) is 0 Å². The van der Waals surface area contributed by atoms with Gasteiger partial charge in [-0.2, -0.15) is 0 Å². The van der Waals surface area contributed by atoms with Gasteiger partial charge in [0.2, 0.25) is 5.91 Å². The molecule has 0 spiro atoms. The molecule has 0 aliphatic carbocycles. The van der Waals surface area contributed by atoms with Gasteiger partial charge in [-0.3, -0.25) is 9.36 Å². The maximum absolute atomic E-state index is 11.8. The van der Waals surface area contributed by atoms with Gasteiger partial charge in [0.1, 0.15) is 0 Å². The summed E-state index contributed by atoms with van der Waals surface area (Å²) in [5.74, 6) is -0.162. The predicted octanol–water partition coefficient (Wildman–Crippen LogP) is 1.39. The van der Waals surface area contributed by atoms with E-state index in [1.54, 1.807) is 13.8 Å². The van der Waals surface area contributed by atoms with Crippen LogP contribution in [0.25, 0.3) is 0 Å². The van der Waals surface area contributed by atoms with Gasteiger partial charge in [0.25, 0.3) is 0 Å². The van der Waals surface area contributed by atoms with Crippen LogP contribution < -0.4 is 5.32 Å². The second-order valence-corrected chi connectivity index (χ2v) is 4.78. The smallest absolute Gasteiger partial charge is 0.331 e. The van der Waals surface area contributed by atoms with Gasteiger partial charge in [0.05, 0.1) is 19.4 Å². The Morgan fingerprint density at radius 2 is 1.79 bits per heavy atom. The van der Waals surface area contributed by atoms with E-state index >= 15 is 0 Å². The van der Waals surface area contributed by atoms with Crippen molar-refractivity contribution in [1.82, 2.24) is 5.32 Å². The van der Waals surface area contributed by atoms with E-state index in [0.29, 0.717) is 13.2 Å². The van der Waals surface area contributed by atoms with Crippen molar-refractivity contribution < 1.29 is 18.4 Å². The van der Waals surface area contributed by atoms with E-state index in [2.05, 4.69) is 5.32 Å². The van der Waals surface area contributed by atoms with Crippen molar-refractivity contribution in [2.75, 3.05) is 26.4 Å². The Hall–Kier alpha value is -0.380. The van der Waals surface area contributed by atoms with Crippen molar-refractivity contribution in [2.24, 2.45) is 0 Å². The molecule has 5 nitrogen and oxygen atoms in total. The molecule has 1 N–H and O–H groups in total. The molecule has 6 heteroatoms. The van der Waals surface area contributed by atoms with Gasteiger partial charge in [0.15, 0.2) is 0 Å². The molecule has 0 heterocycles. The summed E-state index contributed by atoms with van der Waals surface area (Å²) in [4.78, 5) is 10.9. The van der Waals surface area contributed by atoms with E-state index in [1.165, 1.54) is 7.05 Å². The minimum absolute atomic E-state index is 0.133. The fourth-order valence-corrected chi connectivity index (χ4v) is 2.52. The van der Waals surface area contributed by atoms with Crippen molar-refractivity contribution >= 4 is 13.5 Å². The number of rotatable bonds is 7. The average Bonchev–Trinajstić information content (AvgIpc) is 2.15. The Balaban J connectivity index is 4.08. The van der Waals surface area contributed by atoms with Gasteiger partial charge in [-0.05, 0) is 13.8 Å². The lowest BCUT2D eigenvalue weighted by atomic mass is 10.5. The fraction of sp³-hybridized carbons (Fsp3) is 0.875. The van der Waals surface area contributed by atoms with Crippen LogP contribution in [-0.4, -0.2) is 32.3 Å². The van der Waals surface area contributed by atoms with Crippen molar-refractivity contribution in [2.45, 2.75) is 20.3 Å². The molecule has 0 saturated carbocycles. The maximum atomic E-state index is 11.8. The molecule has 14 heavy (non-hydrogen) atoms. The van der Waals surface area contributed by atoms with E-state index in [0.717, 1.165) is 0 Å². The molecule has 1 amide bonds. The standard InChI is InChI=1S/C8H18NO4P/c1-4-12-14(11,13-5-2)7-6-8(10)9-3/h4-7H2,1-3H3,(H,9,10). The van der Waals surface area contributed by atoms with E-state index in [1.807, 2.05) is 0 Å². The van der Waals surface area contributed by atoms with Crippen LogP contribution in [0.15, 0.2) is 0 Å². The lowest BCUT2D eigenvalue weighted by Gasteiger charge is -2.16. The highest BCUT2D eigenvalue weighted by molar-refractivity contribution is 7.53. The van der Waals surface area contributed by atoms with Crippen LogP contribution in [-0.2, 0) is 18.4 Å². The highest BCUT2D eigenvalue weighted by Gasteiger charge is 2.23. The molecule has 0 radical (unpaired) electrons. The molecule has 0 atom stereocenters. The molecule has 0 rings (SSSR count). The first-order chi connectivity index (χ1) is 6.58. The average molecular weight is 223 g/mol. The highest BCUT2D eigenvalue weighted by atomic mass is 31.2. The molecule has 84 valence electrons. The van der Waals surface area contributed by atoms with Crippen molar-refractivity contribution in [3.63, 3.8) is 0 Å². The Labute approximate surface area is 84.7 Å². The molecule has 0 aromatic rings. The molecule has 0 aliphatic rings. The number of hydrogen-bond acceptors (Lipinski definition) is 4. The normalized spacial score (nSPS) is 11.4. The summed E-state index contributed by atoms with van der Waals surface area (Å²) in [5.41, 5.74) is 0. The first-order valence-corrected chi connectivity index (χ1v) is 6.39. The van der Waals surface area contributed by atoms with Crippen LogP contribution in [0.3, 0.4) is 0 Å². The van der Waals surface area contributed by atoms with Crippen molar-refractivity contribution in [1.29, 1.82) is 0 Å². The Kier molecular flexibility index (Phi) is 6.79. The minimum Gasteiger partial charge on any atom is -0.359 e. The molecule has 0 saturated heterocycles. The number of nitrogens with one attached hydrogen (secondary N) is 1. The van der Waals surface area contributed by atoms with Gasteiger partial charge in [-0.1, -0.05) is 0 Å². The summed E-state index contributed by atoms with van der Waals surface area (Å²) in [6.45, 7) is 4.13. The second-order valence-electron chi connectivity index (χ2n) is 2.59. The minimum atomic E-state index is -3.05. The van der Waals surface area contributed by atoms with Gasteiger partial charge >= 0.3 is 7.60 Å². The number of carbonyl (C=O) groups excluding carboxylic acids is 1. The topological polar surface area (TPSA) is 64.6 Å². The molecule has 0 unspecified atom stereocenters. The molecule has 0 bridgehead atoms. The summed E-state index contributed by atoms with van der Waals surface area (Å²) in [6.07, 6.45) is 0.294. The van der Waals surface area contributed by atoms with Crippen LogP contribution in [0.2, 0.25) is 0 Å². The number of carbonyl (C=O) groups is 1. The molecular weight excluding hydrogens is 205 g/mol. The summed E-state index contributed by atoms with van der Waals surface area (Å²) < 4.78 is 21.8. The van der Waals surface area contributed by atoms with E-state index in [9.17, 15) is 9.36 Å². The molecule has 0 aromatic carbocycles. The first kappa shape index (κ1) is 13.6. The summed E-state index contributed by atoms with van der Waals surface area (Å²) in [7, 11) is -1.51. The zero-order valence-electron chi connectivity index (χ0n) is 8.91. The van der Waals surface area contributed by atoms with E-state index in [4.69, 9.17) is 9.05 Å². The largest absolute Gasteiger partial charge is 0.359 e. The third kappa shape index (κ3) is 5.37. The quantitative estimate of drug-likeness (QED) is 0.662. The van der Waals surface area contributed by atoms with Crippen molar-refractivity contribution in [3.05, 3.63) is 0 Å². The molecule has 0 fully saturated rings. The highest BCUT2D eigenvalue weighted by Crippen LogP contribution is 2.48. The first-order valence-electron chi connectivity index (χ1n) is 4.66. The summed E-state index contributed by atoms with van der Waals surface area (Å²) in [5, 5.41) is 2.45. The lowest BCUT2D eigenvalue weighted by molar-refractivity contribution is -0.120.